The first-order chi connectivity index (χ1) is 11.5. The minimum absolute atomic E-state index is 0.0488. The van der Waals surface area contributed by atoms with Gasteiger partial charge in [0.15, 0.2) is 0 Å². The first-order valence-electron chi connectivity index (χ1n) is 7.60. The third kappa shape index (κ3) is 4.39. The summed E-state index contributed by atoms with van der Waals surface area (Å²) in [5.74, 6) is -0.251. The highest BCUT2D eigenvalue weighted by atomic mass is 16.6. The number of nitro benzene ring substituents is 1. The van der Waals surface area contributed by atoms with Crippen molar-refractivity contribution in [3.8, 4) is 0 Å². The predicted molar refractivity (Wildman–Crippen MR) is 90.9 cm³/mol. The number of hydrogen-bond acceptors (Lipinski definition) is 4. The van der Waals surface area contributed by atoms with Crippen molar-refractivity contribution in [2.24, 2.45) is 0 Å². The number of nitrogens with zero attached hydrogens (tertiary/aromatic N) is 2. The Balaban J connectivity index is 2.27. The molecule has 1 amide bonds. The minimum atomic E-state index is -0.469. The number of methoxy groups -OCH3 is 1. The van der Waals surface area contributed by atoms with Crippen molar-refractivity contribution >= 4 is 11.6 Å². The van der Waals surface area contributed by atoms with Gasteiger partial charge in [-0.25, -0.2) is 0 Å². The number of ether oxygens (including phenoxy) is 1. The molecule has 2 rings (SSSR count). The van der Waals surface area contributed by atoms with Crippen molar-refractivity contribution in [2.75, 3.05) is 20.3 Å². The van der Waals surface area contributed by atoms with Gasteiger partial charge in [-0.2, -0.15) is 0 Å². The summed E-state index contributed by atoms with van der Waals surface area (Å²) < 4.78 is 5.08. The van der Waals surface area contributed by atoms with Crippen LogP contribution in [0.5, 0.6) is 0 Å². The van der Waals surface area contributed by atoms with Gasteiger partial charge in [0.25, 0.3) is 11.6 Å². The molecule has 0 N–H and O–H groups in total. The lowest BCUT2D eigenvalue weighted by Crippen LogP contribution is -2.33. The summed E-state index contributed by atoms with van der Waals surface area (Å²) >= 11 is 0. The smallest absolute Gasteiger partial charge is 0.273 e. The van der Waals surface area contributed by atoms with Crippen molar-refractivity contribution in [3.63, 3.8) is 0 Å². The van der Waals surface area contributed by atoms with Crippen LogP contribution in [0.25, 0.3) is 0 Å². The van der Waals surface area contributed by atoms with Gasteiger partial charge >= 0.3 is 0 Å². The fourth-order valence-corrected chi connectivity index (χ4v) is 2.38. The van der Waals surface area contributed by atoms with Crippen LogP contribution in [0.3, 0.4) is 0 Å². The van der Waals surface area contributed by atoms with Crippen LogP contribution in [0.15, 0.2) is 48.5 Å². The third-order valence-electron chi connectivity index (χ3n) is 3.72. The Hall–Kier alpha value is -2.73. The van der Waals surface area contributed by atoms with Crippen LogP contribution < -0.4 is 0 Å². The highest BCUT2D eigenvalue weighted by Crippen LogP contribution is 2.21. The summed E-state index contributed by atoms with van der Waals surface area (Å²) in [6, 6.07) is 14.2. The summed E-state index contributed by atoms with van der Waals surface area (Å²) in [6.07, 6.45) is 0. The van der Waals surface area contributed by atoms with E-state index < -0.39 is 4.92 Å². The molecule has 0 unspecified atom stereocenters. The lowest BCUT2D eigenvalue weighted by atomic mass is 10.1. The van der Waals surface area contributed by atoms with E-state index in [1.54, 1.807) is 31.1 Å². The maximum atomic E-state index is 12.8. The Morgan fingerprint density at radius 2 is 1.92 bits per heavy atom. The largest absolute Gasteiger partial charge is 0.383 e. The second-order valence-corrected chi connectivity index (χ2v) is 5.46. The monoisotopic (exact) mass is 328 g/mol. The first kappa shape index (κ1) is 17.6. The van der Waals surface area contributed by atoms with E-state index >= 15 is 0 Å². The minimum Gasteiger partial charge on any atom is -0.383 e. The summed E-state index contributed by atoms with van der Waals surface area (Å²) in [4.78, 5) is 25.0. The van der Waals surface area contributed by atoms with Crippen molar-refractivity contribution in [3.05, 3.63) is 75.3 Å². The molecule has 126 valence electrons. The van der Waals surface area contributed by atoms with Gasteiger partial charge in [0, 0.05) is 37.4 Å². The lowest BCUT2D eigenvalue weighted by Gasteiger charge is -2.22. The van der Waals surface area contributed by atoms with Crippen LogP contribution >= 0.6 is 0 Å². The number of carbonyl (C=O) groups excluding carboxylic acids is 1. The molecule has 0 saturated carbocycles. The fourth-order valence-electron chi connectivity index (χ4n) is 2.38. The molecule has 0 aliphatic carbocycles. The second kappa shape index (κ2) is 8.21. The number of benzene rings is 2. The van der Waals surface area contributed by atoms with Gasteiger partial charge in [0.05, 0.1) is 11.5 Å². The van der Waals surface area contributed by atoms with E-state index in [1.807, 2.05) is 30.3 Å². The first-order valence-corrected chi connectivity index (χ1v) is 7.60. The Labute approximate surface area is 140 Å². The maximum absolute atomic E-state index is 12.8. The molecule has 2 aromatic carbocycles. The molecule has 0 aliphatic rings. The van der Waals surface area contributed by atoms with Crippen LogP contribution in [-0.2, 0) is 11.3 Å². The fraction of sp³-hybridized carbons (Fsp3) is 0.278. The van der Waals surface area contributed by atoms with E-state index in [0.717, 1.165) is 5.56 Å². The van der Waals surface area contributed by atoms with Gasteiger partial charge in [-0.3, -0.25) is 14.9 Å². The summed E-state index contributed by atoms with van der Waals surface area (Å²) in [5.41, 5.74) is 1.78. The quantitative estimate of drug-likeness (QED) is 0.578. The van der Waals surface area contributed by atoms with E-state index in [-0.39, 0.29) is 11.6 Å². The normalized spacial score (nSPS) is 10.4. The van der Waals surface area contributed by atoms with E-state index in [4.69, 9.17) is 4.74 Å². The zero-order valence-corrected chi connectivity index (χ0v) is 13.8. The third-order valence-corrected chi connectivity index (χ3v) is 3.72. The molecular formula is C18H20N2O4. The van der Waals surface area contributed by atoms with Gasteiger partial charge in [-0.1, -0.05) is 36.4 Å². The van der Waals surface area contributed by atoms with Crippen molar-refractivity contribution < 1.29 is 14.5 Å². The molecule has 0 bridgehead atoms. The number of nitro groups is 1. The van der Waals surface area contributed by atoms with Gasteiger partial charge in [-0.05, 0) is 18.6 Å². The number of rotatable bonds is 7. The van der Waals surface area contributed by atoms with Gasteiger partial charge in [0.1, 0.15) is 0 Å². The molecule has 0 saturated heterocycles. The zero-order valence-electron chi connectivity index (χ0n) is 13.8. The average Bonchev–Trinajstić information content (AvgIpc) is 2.59. The molecule has 0 aromatic heterocycles. The number of aryl methyl sites for hydroxylation is 1. The molecule has 0 radical (unpaired) electrons. The number of carbonyl (C=O) groups is 1. The Kier molecular flexibility index (Phi) is 6.03. The van der Waals surface area contributed by atoms with Crippen molar-refractivity contribution in [2.45, 2.75) is 13.5 Å². The van der Waals surface area contributed by atoms with E-state index in [0.29, 0.717) is 30.8 Å². The van der Waals surface area contributed by atoms with Crippen LogP contribution in [0.1, 0.15) is 21.5 Å². The molecule has 0 spiro atoms. The van der Waals surface area contributed by atoms with Crippen molar-refractivity contribution in [1.82, 2.24) is 4.90 Å². The molecule has 2 aromatic rings. The molecule has 0 aliphatic heterocycles. The zero-order chi connectivity index (χ0) is 17.5. The summed E-state index contributed by atoms with van der Waals surface area (Å²) in [7, 11) is 1.57. The highest BCUT2D eigenvalue weighted by molar-refractivity contribution is 5.95. The topological polar surface area (TPSA) is 72.7 Å². The SMILES string of the molecule is COCCN(Cc1ccccc1)C(=O)c1ccc(C)c([N+](=O)[O-])c1. The van der Waals surface area contributed by atoms with Crippen LogP contribution in [-0.4, -0.2) is 36.0 Å². The lowest BCUT2D eigenvalue weighted by molar-refractivity contribution is -0.385. The maximum Gasteiger partial charge on any atom is 0.273 e. The molecule has 0 atom stereocenters. The Morgan fingerprint density at radius 1 is 1.21 bits per heavy atom. The standard InChI is InChI=1S/C18H20N2O4/c1-14-8-9-16(12-17(14)20(22)23)18(21)19(10-11-24-2)13-15-6-4-3-5-7-15/h3-9,12H,10-11,13H2,1-2H3. The Bertz CT molecular complexity index is 716. The summed E-state index contributed by atoms with van der Waals surface area (Å²) in [5, 5.41) is 11.1. The van der Waals surface area contributed by atoms with Gasteiger partial charge < -0.3 is 9.64 Å². The van der Waals surface area contributed by atoms with Crippen molar-refractivity contribution in [1.29, 1.82) is 0 Å². The molecule has 6 heteroatoms. The highest BCUT2D eigenvalue weighted by Gasteiger charge is 2.20. The Morgan fingerprint density at radius 3 is 2.54 bits per heavy atom. The second-order valence-electron chi connectivity index (χ2n) is 5.46. The molecule has 0 heterocycles. The molecule has 0 fully saturated rings. The van der Waals surface area contributed by atoms with Crippen LogP contribution in [0.2, 0.25) is 0 Å². The van der Waals surface area contributed by atoms with Gasteiger partial charge in [-0.15, -0.1) is 0 Å². The van der Waals surface area contributed by atoms with Gasteiger partial charge in [0.2, 0.25) is 0 Å². The predicted octanol–water partition coefficient (Wildman–Crippen LogP) is 3.19. The van der Waals surface area contributed by atoms with E-state index in [9.17, 15) is 14.9 Å². The molecular weight excluding hydrogens is 308 g/mol. The molecule has 24 heavy (non-hydrogen) atoms. The molecule has 6 nitrogen and oxygen atoms in total. The average molecular weight is 328 g/mol. The van der Waals surface area contributed by atoms with E-state index in [2.05, 4.69) is 0 Å². The summed E-state index contributed by atoms with van der Waals surface area (Å²) in [6.45, 7) is 2.88. The number of hydrogen-bond donors (Lipinski definition) is 0. The van der Waals surface area contributed by atoms with E-state index in [1.165, 1.54) is 6.07 Å². The van der Waals surface area contributed by atoms with Crippen LogP contribution in [0, 0.1) is 17.0 Å². The van der Waals surface area contributed by atoms with Crippen LogP contribution in [0.4, 0.5) is 5.69 Å². The number of amides is 1.